The van der Waals surface area contributed by atoms with E-state index in [1.807, 2.05) is 27.9 Å². The van der Waals surface area contributed by atoms with Crippen molar-refractivity contribution in [2.45, 2.75) is 39.3 Å². The van der Waals surface area contributed by atoms with Crippen LogP contribution in [0.2, 0.25) is 0 Å². The predicted molar refractivity (Wildman–Crippen MR) is 80.3 cm³/mol. The fourth-order valence-corrected chi connectivity index (χ4v) is 2.33. The van der Waals surface area contributed by atoms with Crippen LogP contribution in [0, 0.1) is 5.92 Å². The van der Waals surface area contributed by atoms with E-state index in [0.717, 1.165) is 18.2 Å². The molecule has 0 heterocycles. The third-order valence-corrected chi connectivity index (χ3v) is 3.43. The topological polar surface area (TPSA) is 15.6 Å². The number of alkyl halides is 3. The van der Waals surface area contributed by atoms with Gasteiger partial charge < -0.3 is 5.01 Å². The van der Waals surface area contributed by atoms with Gasteiger partial charge in [-0.05, 0) is 36.8 Å². The molecule has 0 fully saturated rings. The molecule has 0 aliphatic heterocycles. The van der Waals surface area contributed by atoms with Gasteiger partial charge in [-0.15, -0.1) is 0 Å². The molecule has 0 saturated carbocycles. The number of halogens is 3. The summed E-state index contributed by atoms with van der Waals surface area (Å²) in [6.45, 7) is 4.03. The third kappa shape index (κ3) is 5.40. The zero-order valence-corrected chi connectivity index (χ0v) is 13.0. The van der Waals surface area contributed by atoms with Gasteiger partial charge in [0.05, 0.1) is 5.56 Å². The van der Waals surface area contributed by atoms with Crippen LogP contribution < -0.4 is 0 Å². The highest BCUT2D eigenvalue weighted by Crippen LogP contribution is 2.32. The molecule has 2 nitrogen and oxygen atoms in total. The van der Waals surface area contributed by atoms with Gasteiger partial charge in [0.25, 0.3) is 0 Å². The minimum absolute atomic E-state index is 0.165. The van der Waals surface area contributed by atoms with E-state index in [-0.39, 0.29) is 5.92 Å². The lowest BCUT2D eigenvalue weighted by molar-refractivity contribution is -0.138. The Morgan fingerprint density at radius 3 is 2.38 bits per heavy atom. The van der Waals surface area contributed by atoms with Gasteiger partial charge in [0.2, 0.25) is 0 Å². The Bertz CT molecular complexity index is 479. The Morgan fingerprint density at radius 1 is 1.24 bits per heavy atom. The lowest BCUT2D eigenvalue weighted by atomic mass is 9.93. The van der Waals surface area contributed by atoms with E-state index in [2.05, 4.69) is 5.10 Å². The lowest BCUT2D eigenvalue weighted by Gasteiger charge is -2.18. The number of benzene rings is 1. The Morgan fingerprint density at radius 2 is 1.86 bits per heavy atom. The lowest BCUT2D eigenvalue weighted by Crippen LogP contribution is -2.17. The second-order valence-electron chi connectivity index (χ2n) is 5.39. The summed E-state index contributed by atoms with van der Waals surface area (Å²) in [7, 11) is 3.70. The summed E-state index contributed by atoms with van der Waals surface area (Å²) in [5, 5.41) is 6.14. The molecule has 0 radical (unpaired) electrons. The van der Waals surface area contributed by atoms with Crippen molar-refractivity contribution in [3.63, 3.8) is 0 Å². The molecule has 0 saturated heterocycles. The van der Waals surface area contributed by atoms with E-state index >= 15 is 0 Å². The first-order valence-corrected chi connectivity index (χ1v) is 7.15. The minimum atomic E-state index is -4.29. The van der Waals surface area contributed by atoms with Crippen LogP contribution in [0.5, 0.6) is 0 Å². The maximum absolute atomic E-state index is 12.9. The first kappa shape index (κ1) is 17.5. The van der Waals surface area contributed by atoms with Crippen molar-refractivity contribution >= 4 is 5.71 Å². The molecule has 0 amide bonds. The van der Waals surface area contributed by atoms with Crippen molar-refractivity contribution in [3.8, 4) is 0 Å². The van der Waals surface area contributed by atoms with E-state index in [1.165, 1.54) is 6.07 Å². The van der Waals surface area contributed by atoms with Crippen molar-refractivity contribution in [2.75, 3.05) is 14.1 Å². The summed E-state index contributed by atoms with van der Waals surface area (Å²) in [6, 6.07) is 5.80. The fraction of sp³-hybridized carbons (Fsp3) is 0.562. The average molecular weight is 300 g/mol. The second-order valence-corrected chi connectivity index (χ2v) is 5.39. The molecule has 1 aromatic rings. The molecule has 5 heteroatoms. The fourth-order valence-electron chi connectivity index (χ4n) is 2.33. The van der Waals surface area contributed by atoms with Crippen LogP contribution in [-0.2, 0) is 12.6 Å². The molecule has 0 aliphatic rings. The number of rotatable bonds is 6. The maximum atomic E-state index is 12.9. The number of aryl methyl sites for hydroxylation is 1. The van der Waals surface area contributed by atoms with E-state index in [0.29, 0.717) is 18.4 Å². The summed E-state index contributed by atoms with van der Waals surface area (Å²) in [6.07, 6.45) is -2.41. The van der Waals surface area contributed by atoms with Crippen LogP contribution >= 0.6 is 0 Å². The maximum Gasteiger partial charge on any atom is 0.416 e. The van der Waals surface area contributed by atoms with Gasteiger partial charge in [-0.2, -0.15) is 18.3 Å². The molecule has 0 N–H and O–H groups in total. The van der Waals surface area contributed by atoms with Crippen LogP contribution in [-0.4, -0.2) is 24.8 Å². The van der Waals surface area contributed by atoms with E-state index in [1.54, 1.807) is 17.1 Å². The quantitative estimate of drug-likeness (QED) is 0.553. The van der Waals surface area contributed by atoms with E-state index < -0.39 is 11.7 Å². The molecule has 1 rings (SSSR count). The first-order valence-electron chi connectivity index (χ1n) is 7.15. The van der Waals surface area contributed by atoms with E-state index in [4.69, 9.17) is 0 Å². The van der Waals surface area contributed by atoms with Crippen molar-refractivity contribution in [1.29, 1.82) is 0 Å². The first-order chi connectivity index (χ1) is 9.75. The zero-order valence-electron chi connectivity index (χ0n) is 13.0. The average Bonchev–Trinajstić information content (AvgIpc) is 2.41. The third-order valence-electron chi connectivity index (χ3n) is 3.43. The molecular formula is C16H23F3N2. The number of hydrazone groups is 1. The van der Waals surface area contributed by atoms with Crippen molar-refractivity contribution in [1.82, 2.24) is 5.01 Å². The minimum Gasteiger partial charge on any atom is -0.303 e. The van der Waals surface area contributed by atoms with Crippen molar-refractivity contribution in [3.05, 3.63) is 35.4 Å². The van der Waals surface area contributed by atoms with E-state index in [9.17, 15) is 13.2 Å². The van der Waals surface area contributed by atoms with Crippen molar-refractivity contribution < 1.29 is 13.2 Å². The zero-order chi connectivity index (χ0) is 16.0. The number of hydrogen-bond acceptors (Lipinski definition) is 2. The molecule has 118 valence electrons. The van der Waals surface area contributed by atoms with Crippen LogP contribution in [0.4, 0.5) is 13.2 Å². The van der Waals surface area contributed by atoms with Gasteiger partial charge in [-0.25, -0.2) is 0 Å². The van der Waals surface area contributed by atoms with Crippen LogP contribution in [0.1, 0.15) is 37.8 Å². The standard InChI is InChI=1S/C16H23F3N2/c1-5-15(20-21(3)4)12(2)10-11-13-8-6-7-9-14(13)16(17,18)19/h6-9,12H,5,10-11H2,1-4H3/b20-15-. The van der Waals surface area contributed by atoms with Crippen LogP contribution in [0.3, 0.4) is 0 Å². The SMILES string of the molecule is CC/C(=N/N(C)C)C(C)CCc1ccccc1C(F)(F)F. The van der Waals surface area contributed by atoms with Gasteiger partial charge in [0.15, 0.2) is 0 Å². The highest BCUT2D eigenvalue weighted by atomic mass is 19.4. The Balaban J connectivity index is 2.80. The molecule has 1 aromatic carbocycles. The predicted octanol–water partition coefficient (Wildman–Crippen LogP) is 4.60. The summed E-state index contributed by atoms with van der Waals surface area (Å²) < 4.78 is 38.8. The summed E-state index contributed by atoms with van der Waals surface area (Å²) >= 11 is 0. The molecule has 21 heavy (non-hydrogen) atoms. The highest BCUT2D eigenvalue weighted by molar-refractivity contribution is 5.86. The molecule has 0 aromatic heterocycles. The van der Waals surface area contributed by atoms with Gasteiger partial charge in [-0.1, -0.05) is 32.0 Å². The summed E-state index contributed by atoms with van der Waals surface area (Å²) in [5.41, 5.74) is 0.849. The number of nitrogens with zero attached hydrogens (tertiary/aromatic N) is 2. The molecule has 1 unspecified atom stereocenters. The van der Waals surface area contributed by atoms with Crippen molar-refractivity contribution in [2.24, 2.45) is 11.0 Å². The second kappa shape index (κ2) is 7.48. The normalized spacial score (nSPS) is 14.1. The number of hydrogen-bond donors (Lipinski definition) is 0. The van der Waals surface area contributed by atoms with Crippen LogP contribution in [0.15, 0.2) is 29.4 Å². The Kier molecular flexibility index (Phi) is 6.24. The van der Waals surface area contributed by atoms with Gasteiger partial charge in [0.1, 0.15) is 0 Å². The monoisotopic (exact) mass is 300 g/mol. The van der Waals surface area contributed by atoms with Gasteiger partial charge in [-0.3, -0.25) is 0 Å². The van der Waals surface area contributed by atoms with Gasteiger partial charge in [0, 0.05) is 19.8 Å². The Hall–Kier alpha value is -1.52. The largest absolute Gasteiger partial charge is 0.416 e. The van der Waals surface area contributed by atoms with Crippen LogP contribution in [0.25, 0.3) is 0 Å². The highest BCUT2D eigenvalue weighted by Gasteiger charge is 2.32. The summed E-state index contributed by atoms with van der Waals surface area (Å²) in [5.74, 6) is 0.165. The molecule has 1 atom stereocenters. The molecular weight excluding hydrogens is 277 g/mol. The molecule has 0 spiro atoms. The molecule has 0 aliphatic carbocycles. The smallest absolute Gasteiger partial charge is 0.303 e. The Labute approximate surface area is 124 Å². The molecule has 0 bridgehead atoms. The summed E-state index contributed by atoms with van der Waals surface area (Å²) in [4.78, 5) is 0. The van der Waals surface area contributed by atoms with Gasteiger partial charge >= 0.3 is 6.18 Å².